The summed E-state index contributed by atoms with van der Waals surface area (Å²) in [5, 5.41) is 0.740. The minimum atomic E-state index is 0.105. The first-order valence-electron chi connectivity index (χ1n) is 9.90. The number of likely N-dealkylation sites (tertiary alicyclic amines) is 1. The lowest BCUT2D eigenvalue weighted by molar-refractivity contribution is 0.129. The van der Waals surface area contributed by atoms with Crippen LogP contribution in [0.2, 0.25) is 0 Å². The maximum absolute atomic E-state index is 12.7. The molecule has 0 amide bonds. The van der Waals surface area contributed by atoms with E-state index in [-0.39, 0.29) is 5.56 Å². The largest absolute Gasteiger partial charge is 0.300 e. The molecule has 2 fully saturated rings. The monoisotopic (exact) mass is 339 g/mol. The zero-order valence-electron chi connectivity index (χ0n) is 15.3. The fraction of sp³-hybridized carbons (Fsp3) is 0.619. The second-order valence-corrected chi connectivity index (χ2v) is 7.97. The Morgan fingerprint density at radius 2 is 1.88 bits per heavy atom. The van der Waals surface area contributed by atoms with Gasteiger partial charge in [0.1, 0.15) is 0 Å². The van der Waals surface area contributed by atoms with Gasteiger partial charge in [0, 0.05) is 12.6 Å². The summed E-state index contributed by atoms with van der Waals surface area (Å²) in [6.07, 6.45) is 11.0. The molecule has 2 aromatic rings. The number of aromatic nitrogens is 2. The van der Waals surface area contributed by atoms with Crippen molar-refractivity contribution in [2.24, 2.45) is 5.92 Å². The number of hydrogen-bond donors (Lipinski definition) is 0. The van der Waals surface area contributed by atoms with Crippen molar-refractivity contribution in [2.75, 3.05) is 13.1 Å². The second-order valence-electron chi connectivity index (χ2n) is 7.97. The molecule has 0 radical (unpaired) electrons. The number of aryl methyl sites for hydroxylation is 2. The normalized spacial score (nSPS) is 20.5. The number of nitrogens with zero attached hydrogens (tertiary/aromatic N) is 3. The lowest BCUT2D eigenvalue weighted by atomic mass is 9.92. The second kappa shape index (κ2) is 7.28. The van der Waals surface area contributed by atoms with Gasteiger partial charge < -0.3 is 4.90 Å². The Morgan fingerprint density at radius 3 is 2.64 bits per heavy atom. The number of piperidine rings is 1. The Morgan fingerprint density at radius 1 is 1.12 bits per heavy atom. The molecular formula is C21H29N3O. The summed E-state index contributed by atoms with van der Waals surface area (Å²) in [5.74, 6) is 0.748. The molecule has 1 aromatic carbocycles. The van der Waals surface area contributed by atoms with Crippen molar-refractivity contribution in [2.45, 2.75) is 64.5 Å². The van der Waals surface area contributed by atoms with Gasteiger partial charge in [-0.15, -0.1) is 0 Å². The minimum Gasteiger partial charge on any atom is -0.300 e. The van der Waals surface area contributed by atoms with Crippen LogP contribution in [-0.4, -0.2) is 33.6 Å². The van der Waals surface area contributed by atoms with Crippen LogP contribution < -0.4 is 5.56 Å². The van der Waals surface area contributed by atoms with E-state index in [1.54, 1.807) is 10.9 Å². The van der Waals surface area contributed by atoms with Crippen LogP contribution in [-0.2, 0) is 6.54 Å². The Labute approximate surface area is 149 Å². The maximum atomic E-state index is 12.7. The van der Waals surface area contributed by atoms with Crippen molar-refractivity contribution in [3.05, 3.63) is 40.4 Å². The molecule has 0 bridgehead atoms. The molecule has 1 saturated heterocycles. The van der Waals surface area contributed by atoms with E-state index >= 15 is 0 Å². The Bertz CT molecular complexity index is 783. The molecule has 2 aliphatic rings. The van der Waals surface area contributed by atoms with Crippen LogP contribution in [0.1, 0.15) is 50.5 Å². The molecule has 0 atom stereocenters. The predicted molar refractivity (Wildman–Crippen MR) is 102 cm³/mol. The topological polar surface area (TPSA) is 38.1 Å². The Balaban J connectivity index is 1.36. The van der Waals surface area contributed by atoms with Gasteiger partial charge in [-0.2, -0.15) is 0 Å². The molecule has 1 aliphatic heterocycles. The highest BCUT2D eigenvalue weighted by Gasteiger charge is 2.26. The smallest absolute Gasteiger partial charge is 0.261 e. The number of fused-ring (bicyclic) bond motifs is 1. The van der Waals surface area contributed by atoms with E-state index in [1.807, 2.05) is 25.1 Å². The highest BCUT2D eigenvalue weighted by molar-refractivity contribution is 5.77. The van der Waals surface area contributed by atoms with E-state index in [2.05, 4.69) is 9.88 Å². The van der Waals surface area contributed by atoms with Gasteiger partial charge in [-0.05, 0) is 75.7 Å². The molecule has 4 heteroatoms. The fourth-order valence-corrected chi connectivity index (χ4v) is 4.63. The SMILES string of the molecule is Cc1ccc2c(=O)n(CCC3CCN(C4CCCC4)CC3)cnc2c1. The summed E-state index contributed by atoms with van der Waals surface area (Å²) in [6.45, 7) is 5.33. The highest BCUT2D eigenvalue weighted by Crippen LogP contribution is 2.29. The lowest BCUT2D eigenvalue weighted by Crippen LogP contribution is -2.40. The molecule has 0 unspecified atom stereocenters. The third-order valence-corrected chi connectivity index (χ3v) is 6.25. The highest BCUT2D eigenvalue weighted by atomic mass is 16.1. The number of hydrogen-bond acceptors (Lipinski definition) is 3. The Hall–Kier alpha value is -1.68. The van der Waals surface area contributed by atoms with Gasteiger partial charge in [0.15, 0.2) is 0 Å². The summed E-state index contributed by atoms with van der Waals surface area (Å²) >= 11 is 0. The third-order valence-electron chi connectivity index (χ3n) is 6.25. The maximum Gasteiger partial charge on any atom is 0.261 e. The molecule has 4 nitrogen and oxygen atoms in total. The first-order valence-corrected chi connectivity index (χ1v) is 9.90. The number of benzene rings is 1. The van der Waals surface area contributed by atoms with Crippen molar-refractivity contribution in [3.63, 3.8) is 0 Å². The van der Waals surface area contributed by atoms with Crippen LogP contribution >= 0.6 is 0 Å². The lowest BCUT2D eigenvalue weighted by Gasteiger charge is -2.36. The van der Waals surface area contributed by atoms with Crippen LogP contribution in [0.5, 0.6) is 0 Å². The summed E-state index contributed by atoms with van der Waals surface area (Å²) in [7, 11) is 0. The first kappa shape index (κ1) is 16.8. The molecule has 1 saturated carbocycles. The summed E-state index contributed by atoms with van der Waals surface area (Å²) in [4.78, 5) is 19.9. The van der Waals surface area contributed by atoms with E-state index in [9.17, 15) is 4.79 Å². The van der Waals surface area contributed by atoms with Gasteiger partial charge in [0.25, 0.3) is 5.56 Å². The molecule has 1 aromatic heterocycles. The van der Waals surface area contributed by atoms with Crippen molar-refractivity contribution in [1.29, 1.82) is 0 Å². The van der Waals surface area contributed by atoms with Crippen molar-refractivity contribution >= 4 is 10.9 Å². The quantitative estimate of drug-likeness (QED) is 0.851. The number of rotatable bonds is 4. The molecular weight excluding hydrogens is 310 g/mol. The first-order chi connectivity index (χ1) is 12.2. The van der Waals surface area contributed by atoms with E-state index in [0.29, 0.717) is 0 Å². The molecule has 0 N–H and O–H groups in total. The van der Waals surface area contributed by atoms with E-state index < -0.39 is 0 Å². The summed E-state index contributed by atoms with van der Waals surface area (Å²) in [5.41, 5.74) is 2.06. The van der Waals surface area contributed by atoms with Crippen LogP contribution in [0.15, 0.2) is 29.3 Å². The van der Waals surface area contributed by atoms with Crippen LogP contribution in [0, 0.1) is 12.8 Å². The van der Waals surface area contributed by atoms with Crippen LogP contribution in [0.3, 0.4) is 0 Å². The third kappa shape index (κ3) is 3.64. The fourth-order valence-electron chi connectivity index (χ4n) is 4.63. The van der Waals surface area contributed by atoms with Gasteiger partial charge in [-0.25, -0.2) is 4.98 Å². The molecule has 4 rings (SSSR count). The van der Waals surface area contributed by atoms with E-state index in [4.69, 9.17) is 0 Å². The van der Waals surface area contributed by atoms with Crippen molar-refractivity contribution in [1.82, 2.24) is 14.5 Å². The zero-order chi connectivity index (χ0) is 17.2. The van der Waals surface area contributed by atoms with Crippen molar-refractivity contribution < 1.29 is 0 Å². The van der Waals surface area contributed by atoms with Crippen LogP contribution in [0.25, 0.3) is 10.9 Å². The molecule has 2 heterocycles. The molecule has 134 valence electrons. The zero-order valence-corrected chi connectivity index (χ0v) is 15.3. The standard InChI is InChI=1S/C21H29N3O/c1-16-6-7-19-20(14-16)22-15-24(21(19)25)13-10-17-8-11-23(12-9-17)18-4-2-3-5-18/h6-7,14-15,17-18H,2-5,8-13H2,1H3. The molecule has 25 heavy (non-hydrogen) atoms. The van der Waals surface area contributed by atoms with Gasteiger partial charge in [0.2, 0.25) is 0 Å². The molecule has 0 spiro atoms. The van der Waals surface area contributed by atoms with Crippen LogP contribution in [0.4, 0.5) is 0 Å². The average Bonchev–Trinajstić information content (AvgIpc) is 3.16. The Kier molecular flexibility index (Phi) is 4.89. The summed E-state index contributed by atoms with van der Waals surface area (Å²) < 4.78 is 1.81. The minimum absolute atomic E-state index is 0.105. The molecule has 1 aliphatic carbocycles. The van der Waals surface area contributed by atoms with E-state index in [0.717, 1.165) is 41.4 Å². The van der Waals surface area contributed by atoms with Crippen molar-refractivity contribution in [3.8, 4) is 0 Å². The van der Waals surface area contributed by atoms with Gasteiger partial charge in [-0.1, -0.05) is 18.9 Å². The predicted octanol–water partition coefficient (Wildman–Crippen LogP) is 3.75. The van der Waals surface area contributed by atoms with Gasteiger partial charge in [0.05, 0.1) is 17.2 Å². The summed E-state index contributed by atoms with van der Waals surface area (Å²) in [6, 6.07) is 6.75. The van der Waals surface area contributed by atoms with E-state index in [1.165, 1.54) is 51.6 Å². The average molecular weight is 339 g/mol. The van der Waals surface area contributed by atoms with Gasteiger partial charge in [-0.3, -0.25) is 9.36 Å². The van der Waals surface area contributed by atoms with Gasteiger partial charge >= 0.3 is 0 Å².